The van der Waals surface area contributed by atoms with Crippen LogP contribution in [0.1, 0.15) is 10.4 Å². The first kappa shape index (κ1) is 17.8. The molecule has 0 saturated heterocycles. The Kier molecular flexibility index (Phi) is 4.34. The molecule has 0 fully saturated rings. The van der Waals surface area contributed by atoms with Crippen molar-refractivity contribution in [2.75, 3.05) is 6.54 Å². The van der Waals surface area contributed by atoms with Gasteiger partial charge in [-0.3, -0.25) is 9.59 Å². The highest BCUT2D eigenvalue weighted by Gasteiger charge is 2.25. The lowest BCUT2D eigenvalue weighted by Crippen LogP contribution is -2.32. The number of rotatable bonds is 3. The van der Waals surface area contributed by atoms with Crippen molar-refractivity contribution in [3.8, 4) is 5.75 Å². The smallest absolute Gasteiger partial charge is 0.353 e. The molecule has 2 aromatic heterocycles. The van der Waals surface area contributed by atoms with Crippen LogP contribution in [-0.4, -0.2) is 28.6 Å². The summed E-state index contributed by atoms with van der Waals surface area (Å²) >= 11 is 11.8. The van der Waals surface area contributed by atoms with Crippen LogP contribution in [-0.2, 0) is 4.79 Å². The third-order valence-corrected chi connectivity index (χ3v) is 3.88. The molecule has 0 saturated carbocycles. The van der Waals surface area contributed by atoms with Crippen LogP contribution in [0.5, 0.6) is 5.75 Å². The molecule has 3 aromatic rings. The number of carboxylic acids is 1. The number of fused-ring (bicyclic) bond motifs is 3. The van der Waals surface area contributed by atoms with Crippen molar-refractivity contribution < 1.29 is 28.6 Å². The van der Waals surface area contributed by atoms with Gasteiger partial charge in [-0.2, -0.15) is 0 Å². The fourth-order valence-corrected chi connectivity index (χ4v) is 2.86. The van der Waals surface area contributed by atoms with Gasteiger partial charge < -0.3 is 24.4 Å². The van der Waals surface area contributed by atoms with Gasteiger partial charge in [0.1, 0.15) is 11.9 Å². The van der Waals surface area contributed by atoms with Gasteiger partial charge in [0.15, 0.2) is 22.5 Å². The standard InChI is InChI=1S/C15H7Cl2NO8/c16-4-1-5-11(6(17)2-4)25-14(23)8-10(21)9(15(24)26-12(5)8)13(22)18-3-7(19)20/h1-2,21H,3H2,(H,18,22)(H,19,20). The second-order valence-corrected chi connectivity index (χ2v) is 5.89. The van der Waals surface area contributed by atoms with Gasteiger partial charge in [0, 0.05) is 5.02 Å². The SMILES string of the molecule is O=C(O)CNC(=O)c1c(O)c2c(=O)oc3c(Cl)cc(Cl)cc3c2oc1=O. The largest absolute Gasteiger partial charge is 0.506 e. The van der Waals surface area contributed by atoms with Crippen LogP contribution in [0.25, 0.3) is 21.9 Å². The molecule has 11 heteroatoms. The maximum atomic E-state index is 12.2. The number of hydrogen-bond acceptors (Lipinski definition) is 7. The average molecular weight is 400 g/mol. The molecule has 9 nitrogen and oxygen atoms in total. The summed E-state index contributed by atoms with van der Waals surface area (Å²) in [6, 6.07) is 2.59. The van der Waals surface area contributed by atoms with Crippen molar-refractivity contribution in [1.82, 2.24) is 5.32 Å². The van der Waals surface area contributed by atoms with E-state index in [9.17, 15) is 24.3 Å². The van der Waals surface area contributed by atoms with Crippen LogP contribution in [0.2, 0.25) is 10.0 Å². The molecule has 0 atom stereocenters. The van der Waals surface area contributed by atoms with E-state index in [2.05, 4.69) is 0 Å². The van der Waals surface area contributed by atoms with E-state index in [1.54, 1.807) is 0 Å². The van der Waals surface area contributed by atoms with E-state index in [0.717, 1.165) is 0 Å². The number of nitrogens with one attached hydrogen (secondary N) is 1. The number of carbonyl (C=O) groups excluding carboxylic acids is 1. The third-order valence-electron chi connectivity index (χ3n) is 3.38. The zero-order valence-electron chi connectivity index (χ0n) is 12.5. The zero-order valence-corrected chi connectivity index (χ0v) is 14.0. The minimum Gasteiger partial charge on any atom is -0.506 e. The van der Waals surface area contributed by atoms with Crippen molar-refractivity contribution in [3.05, 3.63) is 48.6 Å². The molecule has 3 N–H and O–H groups in total. The molecule has 0 unspecified atom stereocenters. The number of aromatic hydroxyl groups is 1. The number of aliphatic carboxylic acids is 1. The summed E-state index contributed by atoms with van der Waals surface area (Å²) in [7, 11) is 0. The number of hydrogen-bond donors (Lipinski definition) is 3. The lowest BCUT2D eigenvalue weighted by molar-refractivity contribution is -0.135. The molecule has 1 aromatic carbocycles. The molecule has 26 heavy (non-hydrogen) atoms. The number of benzene rings is 1. The van der Waals surface area contributed by atoms with E-state index in [-0.39, 0.29) is 26.6 Å². The molecule has 3 rings (SSSR count). The average Bonchev–Trinajstić information content (AvgIpc) is 2.53. The molecular formula is C15H7Cl2NO8. The summed E-state index contributed by atoms with van der Waals surface area (Å²) in [5, 5.41) is 20.3. The van der Waals surface area contributed by atoms with Crippen LogP contribution in [0.3, 0.4) is 0 Å². The van der Waals surface area contributed by atoms with Crippen LogP contribution < -0.4 is 16.6 Å². The van der Waals surface area contributed by atoms with E-state index >= 15 is 0 Å². The molecule has 0 bridgehead atoms. The van der Waals surface area contributed by atoms with Gasteiger partial charge >= 0.3 is 17.2 Å². The highest BCUT2D eigenvalue weighted by molar-refractivity contribution is 6.38. The van der Waals surface area contributed by atoms with Crippen molar-refractivity contribution in [1.29, 1.82) is 0 Å². The molecule has 0 aliphatic carbocycles. The summed E-state index contributed by atoms with van der Waals surface area (Å²) in [6.07, 6.45) is 0. The van der Waals surface area contributed by atoms with Crippen LogP contribution >= 0.6 is 23.2 Å². The Hall–Kier alpha value is -3.04. The summed E-state index contributed by atoms with van der Waals surface area (Å²) in [6.45, 7) is -0.812. The van der Waals surface area contributed by atoms with Crippen molar-refractivity contribution in [2.24, 2.45) is 0 Å². The number of amides is 1. The van der Waals surface area contributed by atoms with Gasteiger partial charge in [-0.15, -0.1) is 0 Å². The van der Waals surface area contributed by atoms with Crippen molar-refractivity contribution in [2.45, 2.75) is 0 Å². The van der Waals surface area contributed by atoms with Crippen molar-refractivity contribution in [3.63, 3.8) is 0 Å². The maximum Gasteiger partial charge on any atom is 0.353 e. The quantitative estimate of drug-likeness (QED) is 0.445. The zero-order chi connectivity index (χ0) is 19.2. The number of halogens is 2. The van der Waals surface area contributed by atoms with Gasteiger partial charge in [-0.25, -0.2) is 9.59 Å². The van der Waals surface area contributed by atoms with Gasteiger partial charge in [0.05, 0.1) is 10.4 Å². The Bertz CT molecular complexity index is 1210. The monoisotopic (exact) mass is 399 g/mol. The van der Waals surface area contributed by atoms with Gasteiger partial charge in [-0.1, -0.05) is 23.2 Å². The van der Waals surface area contributed by atoms with Gasteiger partial charge in [-0.05, 0) is 12.1 Å². The normalized spacial score (nSPS) is 11.0. The van der Waals surface area contributed by atoms with Crippen LogP contribution in [0.4, 0.5) is 0 Å². The summed E-state index contributed by atoms with van der Waals surface area (Å²) in [5.41, 5.74) is -3.85. The second kappa shape index (κ2) is 6.36. The fourth-order valence-electron chi connectivity index (χ4n) is 2.32. The summed E-state index contributed by atoms with van der Waals surface area (Å²) in [4.78, 5) is 46.8. The van der Waals surface area contributed by atoms with Gasteiger partial charge in [0.2, 0.25) is 0 Å². The molecule has 134 valence electrons. The first-order valence-corrected chi connectivity index (χ1v) is 7.58. The summed E-state index contributed by atoms with van der Waals surface area (Å²) < 4.78 is 10.0. The highest BCUT2D eigenvalue weighted by atomic mass is 35.5. The minimum atomic E-state index is -1.38. The molecule has 2 heterocycles. The Labute approximate surface area is 152 Å². The van der Waals surface area contributed by atoms with Crippen LogP contribution in [0.15, 0.2) is 30.6 Å². The van der Waals surface area contributed by atoms with E-state index in [1.165, 1.54) is 12.1 Å². The van der Waals surface area contributed by atoms with E-state index < -0.39 is 46.4 Å². The maximum absolute atomic E-state index is 12.2. The first-order chi connectivity index (χ1) is 12.2. The lowest BCUT2D eigenvalue weighted by atomic mass is 10.1. The Balaban J connectivity index is 2.37. The fraction of sp³-hybridized carbons (Fsp3) is 0.0667. The van der Waals surface area contributed by atoms with Crippen molar-refractivity contribution >= 4 is 57.0 Å². The van der Waals surface area contributed by atoms with Gasteiger partial charge in [0.25, 0.3) is 5.91 Å². The second-order valence-electron chi connectivity index (χ2n) is 5.05. The third kappa shape index (κ3) is 2.87. The predicted octanol–water partition coefficient (Wildman–Crippen LogP) is 1.73. The highest BCUT2D eigenvalue weighted by Crippen LogP contribution is 2.34. The topological polar surface area (TPSA) is 147 Å². The molecular weight excluding hydrogens is 393 g/mol. The molecule has 1 amide bonds. The van der Waals surface area contributed by atoms with E-state index in [1.807, 2.05) is 5.32 Å². The minimum absolute atomic E-state index is 0.0296. The molecule has 0 aliphatic rings. The lowest BCUT2D eigenvalue weighted by Gasteiger charge is -2.08. The Morgan fingerprint density at radius 2 is 1.73 bits per heavy atom. The molecule has 0 radical (unpaired) electrons. The summed E-state index contributed by atoms with van der Waals surface area (Å²) in [5.74, 6) is -3.62. The Morgan fingerprint density at radius 3 is 2.38 bits per heavy atom. The molecule has 0 aliphatic heterocycles. The predicted molar refractivity (Wildman–Crippen MR) is 90.2 cm³/mol. The van der Waals surface area contributed by atoms with E-state index in [4.69, 9.17) is 37.1 Å². The Morgan fingerprint density at radius 1 is 1.08 bits per heavy atom. The first-order valence-electron chi connectivity index (χ1n) is 6.82. The van der Waals surface area contributed by atoms with E-state index in [0.29, 0.717) is 0 Å². The molecule has 0 spiro atoms. The number of carboxylic acid groups (broad SMARTS) is 1. The number of carbonyl (C=O) groups is 2. The van der Waals surface area contributed by atoms with Crippen LogP contribution in [0, 0.1) is 0 Å².